The second kappa shape index (κ2) is 6.36. The molecule has 0 radical (unpaired) electrons. The summed E-state index contributed by atoms with van der Waals surface area (Å²) in [4.78, 5) is 12.0. The van der Waals surface area contributed by atoms with Gasteiger partial charge in [0.2, 0.25) is 10.0 Å². The fourth-order valence-corrected chi connectivity index (χ4v) is 3.43. The Morgan fingerprint density at radius 2 is 1.91 bits per heavy atom. The highest BCUT2D eigenvalue weighted by Crippen LogP contribution is 2.49. The number of carbonyl (C=O) groups excluding carboxylic acids is 1. The molecule has 1 aliphatic rings. The fraction of sp³-hybridized carbons (Fsp3) is 0.533. The van der Waals surface area contributed by atoms with Crippen LogP contribution in [0, 0.1) is 0 Å². The Balaban J connectivity index is 2.14. The average molecular weight is 326 g/mol. The van der Waals surface area contributed by atoms with Crippen molar-refractivity contribution < 1.29 is 17.9 Å². The summed E-state index contributed by atoms with van der Waals surface area (Å²) in [5.74, 6) is -0.260. The van der Waals surface area contributed by atoms with E-state index in [4.69, 9.17) is 4.74 Å². The molecule has 0 aliphatic heterocycles. The van der Waals surface area contributed by atoms with Gasteiger partial charge < -0.3 is 10.1 Å². The second-order valence-corrected chi connectivity index (χ2v) is 7.41. The molecule has 122 valence electrons. The third kappa shape index (κ3) is 3.31. The molecule has 1 aromatic carbocycles. The van der Waals surface area contributed by atoms with Gasteiger partial charge in [-0.2, -0.15) is 0 Å². The average Bonchev–Trinajstić information content (AvgIpc) is 3.33. The van der Waals surface area contributed by atoms with Crippen molar-refractivity contribution in [1.82, 2.24) is 10.0 Å². The smallest absolute Gasteiger partial charge is 0.316 e. The molecular weight excluding hydrogens is 304 g/mol. The quantitative estimate of drug-likeness (QED) is 0.723. The van der Waals surface area contributed by atoms with Gasteiger partial charge in [0, 0.05) is 12.6 Å². The van der Waals surface area contributed by atoms with Gasteiger partial charge in [-0.25, -0.2) is 13.1 Å². The number of likely N-dealkylation sites (N-methyl/N-ethyl adjacent to an activating group) is 1. The highest BCUT2D eigenvalue weighted by molar-refractivity contribution is 7.89. The van der Waals surface area contributed by atoms with Crippen molar-refractivity contribution in [1.29, 1.82) is 0 Å². The molecule has 0 aromatic heterocycles. The second-order valence-electron chi connectivity index (χ2n) is 5.64. The minimum Gasteiger partial charge on any atom is -0.468 e. The van der Waals surface area contributed by atoms with Gasteiger partial charge in [0.15, 0.2) is 0 Å². The third-order valence-corrected chi connectivity index (χ3v) is 5.56. The number of ether oxygens (including phenoxy) is 1. The summed E-state index contributed by atoms with van der Waals surface area (Å²) in [6.45, 7) is 2.20. The van der Waals surface area contributed by atoms with Crippen LogP contribution in [0.15, 0.2) is 29.2 Å². The molecule has 0 saturated heterocycles. The fourth-order valence-electron chi connectivity index (χ4n) is 2.30. The minimum absolute atomic E-state index is 0.0445. The van der Waals surface area contributed by atoms with E-state index in [1.165, 1.54) is 19.2 Å². The lowest BCUT2D eigenvalue weighted by molar-refractivity contribution is -0.143. The van der Waals surface area contributed by atoms with Crippen LogP contribution in [0.4, 0.5) is 0 Å². The predicted molar refractivity (Wildman–Crippen MR) is 83.1 cm³/mol. The molecule has 1 aliphatic carbocycles. The Kier molecular flexibility index (Phi) is 4.89. The molecule has 1 fully saturated rings. The van der Waals surface area contributed by atoms with E-state index < -0.39 is 15.4 Å². The van der Waals surface area contributed by atoms with Crippen LogP contribution in [0.5, 0.6) is 0 Å². The van der Waals surface area contributed by atoms with Crippen LogP contribution < -0.4 is 10.0 Å². The van der Waals surface area contributed by atoms with Gasteiger partial charge in [-0.15, -0.1) is 0 Å². The number of benzene rings is 1. The minimum atomic E-state index is -3.54. The van der Waals surface area contributed by atoms with Crippen LogP contribution in [0.3, 0.4) is 0 Å². The first kappa shape index (κ1) is 16.9. The highest BCUT2D eigenvalue weighted by atomic mass is 32.2. The number of hydrogen-bond donors (Lipinski definition) is 2. The molecule has 0 heterocycles. The van der Waals surface area contributed by atoms with Crippen molar-refractivity contribution in [2.75, 3.05) is 20.7 Å². The van der Waals surface area contributed by atoms with Crippen molar-refractivity contribution in [3.05, 3.63) is 29.8 Å². The van der Waals surface area contributed by atoms with Crippen LogP contribution in [-0.4, -0.2) is 41.1 Å². The molecule has 22 heavy (non-hydrogen) atoms. The first-order chi connectivity index (χ1) is 10.4. The summed E-state index contributed by atoms with van der Waals surface area (Å²) in [6, 6.07) is 6.50. The predicted octanol–water partition coefficient (Wildman–Crippen LogP) is 0.777. The summed E-state index contributed by atoms with van der Waals surface area (Å²) >= 11 is 0. The van der Waals surface area contributed by atoms with Gasteiger partial charge in [0.05, 0.1) is 17.4 Å². The topological polar surface area (TPSA) is 84.5 Å². The molecule has 7 heteroatoms. The summed E-state index contributed by atoms with van der Waals surface area (Å²) in [5.41, 5.74) is 0.229. The molecule has 1 saturated carbocycles. The lowest BCUT2D eigenvalue weighted by Gasteiger charge is -2.14. The van der Waals surface area contributed by atoms with Gasteiger partial charge in [-0.05, 0) is 44.5 Å². The number of nitrogens with one attached hydrogen (secondary N) is 2. The number of hydrogen-bond acceptors (Lipinski definition) is 5. The molecule has 2 rings (SSSR count). The van der Waals surface area contributed by atoms with E-state index in [2.05, 4.69) is 10.0 Å². The molecule has 0 amide bonds. The van der Waals surface area contributed by atoms with Crippen molar-refractivity contribution in [2.24, 2.45) is 0 Å². The molecular formula is C15H22N2O4S. The van der Waals surface area contributed by atoms with E-state index in [9.17, 15) is 13.2 Å². The lowest BCUT2D eigenvalue weighted by atomic mass is 9.96. The Labute approximate surface area is 131 Å². The number of methoxy groups -OCH3 is 1. The monoisotopic (exact) mass is 326 g/mol. The summed E-state index contributed by atoms with van der Waals surface area (Å²) in [5, 5.41) is 2.97. The molecule has 0 spiro atoms. The number of esters is 1. The van der Waals surface area contributed by atoms with E-state index in [0.29, 0.717) is 6.54 Å². The first-order valence-corrected chi connectivity index (χ1v) is 8.70. The first-order valence-electron chi connectivity index (χ1n) is 7.21. The molecule has 1 aromatic rings. The SMILES string of the molecule is CNC(C)CNS(=O)(=O)c1ccc(C2(C(=O)OC)CC2)cc1. The van der Waals surface area contributed by atoms with Crippen LogP contribution in [0.2, 0.25) is 0 Å². The van der Waals surface area contributed by atoms with Crippen LogP contribution in [0.25, 0.3) is 0 Å². The third-order valence-electron chi connectivity index (χ3n) is 4.12. The van der Waals surface area contributed by atoms with E-state index >= 15 is 0 Å². The van der Waals surface area contributed by atoms with Crippen LogP contribution in [-0.2, 0) is 25.0 Å². The Morgan fingerprint density at radius 1 is 1.32 bits per heavy atom. The van der Waals surface area contributed by atoms with Gasteiger partial charge in [0.25, 0.3) is 0 Å². The van der Waals surface area contributed by atoms with Gasteiger partial charge >= 0.3 is 5.97 Å². The lowest BCUT2D eigenvalue weighted by Crippen LogP contribution is -2.37. The van der Waals surface area contributed by atoms with Crippen molar-refractivity contribution in [3.63, 3.8) is 0 Å². The zero-order valence-corrected chi connectivity index (χ0v) is 13.9. The van der Waals surface area contributed by atoms with Crippen molar-refractivity contribution in [2.45, 2.75) is 36.1 Å². The van der Waals surface area contributed by atoms with Gasteiger partial charge in [-0.3, -0.25) is 4.79 Å². The molecule has 0 bridgehead atoms. The van der Waals surface area contributed by atoms with Crippen LogP contribution >= 0.6 is 0 Å². The maximum Gasteiger partial charge on any atom is 0.316 e. The Morgan fingerprint density at radius 3 is 2.36 bits per heavy atom. The largest absolute Gasteiger partial charge is 0.468 e. The molecule has 1 atom stereocenters. The number of rotatable bonds is 7. The number of sulfonamides is 1. The summed E-state index contributed by atoms with van der Waals surface area (Å²) < 4.78 is 31.8. The van der Waals surface area contributed by atoms with E-state index in [0.717, 1.165) is 18.4 Å². The van der Waals surface area contributed by atoms with E-state index in [1.54, 1.807) is 19.2 Å². The molecule has 1 unspecified atom stereocenters. The maximum atomic E-state index is 12.2. The molecule has 2 N–H and O–H groups in total. The van der Waals surface area contributed by atoms with Crippen molar-refractivity contribution in [3.8, 4) is 0 Å². The highest BCUT2D eigenvalue weighted by Gasteiger charge is 2.52. The zero-order valence-electron chi connectivity index (χ0n) is 13.0. The van der Waals surface area contributed by atoms with Gasteiger partial charge in [0.1, 0.15) is 0 Å². The maximum absolute atomic E-state index is 12.2. The number of carbonyl (C=O) groups is 1. The summed E-state index contributed by atoms with van der Waals surface area (Å²) in [7, 11) is -0.397. The standard InChI is InChI=1S/C15H22N2O4S/c1-11(16-2)10-17-22(19,20)13-6-4-12(5-7-13)15(8-9-15)14(18)21-3/h4-7,11,16-17H,8-10H2,1-3H3. The van der Waals surface area contributed by atoms with Crippen molar-refractivity contribution >= 4 is 16.0 Å². The Hall–Kier alpha value is -1.44. The molecule has 6 nitrogen and oxygen atoms in total. The van der Waals surface area contributed by atoms with Crippen LogP contribution in [0.1, 0.15) is 25.3 Å². The van der Waals surface area contributed by atoms with E-state index in [-0.39, 0.29) is 16.9 Å². The normalized spacial score (nSPS) is 17.8. The van der Waals surface area contributed by atoms with E-state index in [1.807, 2.05) is 6.92 Å². The zero-order chi connectivity index (χ0) is 16.4. The van der Waals surface area contributed by atoms with Gasteiger partial charge in [-0.1, -0.05) is 12.1 Å². The summed E-state index contributed by atoms with van der Waals surface area (Å²) in [6.07, 6.45) is 1.48. The Bertz CT molecular complexity index is 636.